The van der Waals surface area contributed by atoms with E-state index in [1.807, 2.05) is 66.9 Å². The van der Waals surface area contributed by atoms with Crippen molar-refractivity contribution in [2.24, 2.45) is 0 Å². The molecule has 0 aliphatic carbocycles. The van der Waals surface area contributed by atoms with Crippen molar-refractivity contribution >= 4 is 33.4 Å². The number of rotatable bonds is 5. The summed E-state index contributed by atoms with van der Waals surface area (Å²) in [5.41, 5.74) is 2.90. The summed E-state index contributed by atoms with van der Waals surface area (Å²) >= 11 is 4.95. The van der Waals surface area contributed by atoms with E-state index < -0.39 is 6.09 Å². The Morgan fingerprint density at radius 1 is 1.20 bits per heavy atom. The zero-order valence-corrected chi connectivity index (χ0v) is 16.0. The van der Waals surface area contributed by atoms with Crippen LogP contribution in [-0.2, 0) is 11.3 Å². The van der Waals surface area contributed by atoms with Crippen molar-refractivity contribution in [1.82, 2.24) is 10.3 Å². The standard InChI is InChI=1S/C19H17BrN2O2S/c1-13(21-19(23)24-11-14-5-3-2-4-6-14)18-22-17(12-25-18)15-7-9-16(20)10-8-15/h2-10,12-13H,11H2,1H3,(H,21,23). The Labute approximate surface area is 159 Å². The molecule has 0 radical (unpaired) electrons. The summed E-state index contributed by atoms with van der Waals surface area (Å²) in [4.78, 5) is 16.6. The number of hydrogen-bond acceptors (Lipinski definition) is 4. The number of thiazole rings is 1. The SMILES string of the molecule is CC(NC(=O)OCc1ccccc1)c1nc(-c2ccc(Br)cc2)cs1. The lowest BCUT2D eigenvalue weighted by Gasteiger charge is -2.11. The molecule has 2 aromatic carbocycles. The largest absolute Gasteiger partial charge is 0.445 e. The van der Waals surface area contributed by atoms with Crippen LogP contribution in [0.1, 0.15) is 23.5 Å². The smallest absolute Gasteiger partial charge is 0.408 e. The highest BCUT2D eigenvalue weighted by molar-refractivity contribution is 9.10. The fourth-order valence-electron chi connectivity index (χ4n) is 2.24. The molecule has 0 bridgehead atoms. The zero-order chi connectivity index (χ0) is 17.6. The highest BCUT2D eigenvalue weighted by atomic mass is 79.9. The van der Waals surface area contributed by atoms with E-state index in [4.69, 9.17) is 4.74 Å². The lowest BCUT2D eigenvalue weighted by molar-refractivity contribution is 0.136. The molecule has 0 saturated carbocycles. The first-order chi connectivity index (χ1) is 12.1. The summed E-state index contributed by atoms with van der Waals surface area (Å²) < 4.78 is 6.28. The number of benzene rings is 2. The number of nitrogens with one attached hydrogen (secondary N) is 1. The Balaban J connectivity index is 1.57. The van der Waals surface area contributed by atoms with Crippen LogP contribution in [0, 0.1) is 0 Å². The van der Waals surface area contributed by atoms with Gasteiger partial charge in [0.15, 0.2) is 0 Å². The van der Waals surface area contributed by atoms with Crippen LogP contribution >= 0.6 is 27.3 Å². The zero-order valence-electron chi connectivity index (χ0n) is 13.6. The first kappa shape index (κ1) is 17.6. The van der Waals surface area contributed by atoms with Gasteiger partial charge in [-0.15, -0.1) is 11.3 Å². The van der Waals surface area contributed by atoms with E-state index in [0.29, 0.717) is 0 Å². The summed E-state index contributed by atoms with van der Waals surface area (Å²) in [5.74, 6) is 0. The number of nitrogens with zero attached hydrogens (tertiary/aromatic N) is 1. The van der Waals surface area contributed by atoms with Crippen molar-refractivity contribution in [2.45, 2.75) is 19.6 Å². The molecule has 0 fully saturated rings. The predicted octanol–water partition coefficient (Wildman–Crippen LogP) is 5.56. The minimum Gasteiger partial charge on any atom is -0.445 e. The van der Waals surface area contributed by atoms with Gasteiger partial charge >= 0.3 is 6.09 Å². The average Bonchev–Trinajstić information content (AvgIpc) is 3.12. The van der Waals surface area contributed by atoms with Gasteiger partial charge in [0.25, 0.3) is 0 Å². The number of ether oxygens (including phenoxy) is 1. The Morgan fingerprint density at radius 3 is 2.64 bits per heavy atom. The molecule has 1 N–H and O–H groups in total. The fraction of sp³-hybridized carbons (Fsp3) is 0.158. The normalized spacial score (nSPS) is 11.8. The summed E-state index contributed by atoms with van der Waals surface area (Å²) in [5, 5.41) is 5.65. The molecule has 128 valence electrons. The Kier molecular flexibility index (Phi) is 5.83. The van der Waals surface area contributed by atoms with Crippen molar-refractivity contribution in [2.75, 3.05) is 0 Å². The molecule has 25 heavy (non-hydrogen) atoms. The van der Waals surface area contributed by atoms with Gasteiger partial charge in [0, 0.05) is 15.4 Å². The average molecular weight is 417 g/mol. The molecular weight excluding hydrogens is 400 g/mol. The number of amides is 1. The van der Waals surface area contributed by atoms with Crippen molar-refractivity contribution in [3.8, 4) is 11.3 Å². The van der Waals surface area contributed by atoms with Crippen LogP contribution in [0.3, 0.4) is 0 Å². The summed E-state index contributed by atoms with van der Waals surface area (Å²) in [6.45, 7) is 2.15. The summed E-state index contributed by atoms with van der Waals surface area (Å²) in [6.07, 6.45) is -0.447. The second-order valence-electron chi connectivity index (χ2n) is 5.51. The molecule has 3 rings (SSSR count). The highest BCUT2D eigenvalue weighted by Gasteiger charge is 2.15. The van der Waals surface area contributed by atoms with Gasteiger partial charge in [0.2, 0.25) is 0 Å². The van der Waals surface area contributed by atoms with Gasteiger partial charge in [-0.2, -0.15) is 0 Å². The molecule has 0 saturated heterocycles. The second-order valence-corrected chi connectivity index (χ2v) is 7.31. The van der Waals surface area contributed by atoms with Gasteiger partial charge in [-0.25, -0.2) is 9.78 Å². The van der Waals surface area contributed by atoms with Crippen LogP contribution in [0.2, 0.25) is 0 Å². The van der Waals surface area contributed by atoms with E-state index in [2.05, 4.69) is 26.2 Å². The molecule has 1 aromatic heterocycles. The molecule has 4 nitrogen and oxygen atoms in total. The fourth-order valence-corrected chi connectivity index (χ4v) is 3.34. The third-order valence-corrected chi connectivity index (χ3v) is 5.14. The number of carbonyl (C=O) groups excluding carboxylic acids is 1. The lowest BCUT2D eigenvalue weighted by atomic mass is 10.2. The molecule has 1 heterocycles. The third-order valence-electron chi connectivity index (χ3n) is 3.58. The maximum Gasteiger partial charge on any atom is 0.408 e. The van der Waals surface area contributed by atoms with Gasteiger partial charge < -0.3 is 10.1 Å². The molecule has 0 aliphatic heterocycles. The molecule has 3 aromatic rings. The molecule has 1 amide bonds. The number of alkyl carbamates (subject to hydrolysis) is 1. The monoisotopic (exact) mass is 416 g/mol. The van der Waals surface area contributed by atoms with Crippen LogP contribution in [0.4, 0.5) is 4.79 Å². The van der Waals surface area contributed by atoms with Crippen LogP contribution in [-0.4, -0.2) is 11.1 Å². The van der Waals surface area contributed by atoms with Crippen molar-refractivity contribution in [3.63, 3.8) is 0 Å². The van der Waals surface area contributed by atoms with Crippen molar-refractivity contribution < 1.29 is 9.53 Å². The summed E-state index contributed by atoms with van der Waals surface area (Å²) in [7, 11) is 0. The highest BCUT2D eigenvalue weighted by Crippen LogP contribution is 2.26. The van der Waals surface area contributed by atoms with Crippen LogP contribution in [0.15, 0.2) is 64.5 Å². The van der Waals surface area contributed by atoms with Gasteiger partial charge in [0.1, 0.15) is 11.6 Å². The minimum atomic E-state index is -0.447. The first-order valence-corrected chi connectivity index (χ1v) is 9.47. The first-order valence-electron chi connectivity index (χ1n) is 7.80. The molecule has 1 unspecified atom stereocenters. The van der Waals surface area contributed by atoms with Crippen molar-refractivity contribution in [3.05, 3.63) is 75.0 Å². The van der Waals surface area contributed by atoms with E-state index >= 15 is 0 Å². The number of aromatic nitrogens is 1. The summed E-state index contributed by atoms with van der Waals surface area (Å²) in [6, 6.07) is 17.4. The number of halogens is 1. The topological polar surface area (TPSA) is 51.2 Å². The molecule has 0 aliphatic rings. The van der Waals surface area contributed by atoms with Crippen molar-refractivity contribution in [1.29, 1.82) is 0 Å². The quantitative estimate of drug-likeness (QED) is 0.591. The van der Waals surface area contributed by atoms with Gasteiger partial charge in [-0.05, 0) is 24.6 Å². The number of carbonyl (C=O) groups is 1. The minimum absolute atomic E-state index is 0.211. The van der Waals surface area contributed by atoms with Crippen LogP contribution < -0.4 is 5.32 Å². The molecule has 0 spiro atoms. The Bertz CT molecular complexity index is 834. The Hall–Kier alpha value is -2.18. The number of hydrogen-bond donors (Lipinski definition) is 1. The molecular formula is C19H17BrN2O2S. The van der Waals surface area contributed by atoms with Crippen LogP contribution in [0.25, 0.3) is 11.3 Å². The Morgan fingerprint density at radius 2 is 1.92 bits per heavy atom. The van der Waals surface area contributed by atoms with Gasteiger partial charge in [-0.3, -0.25) is 0 Å². The maximum atomic E-state index is 12.0. The lowest BCUT2D eigenvalue weighted by Crippen LogP contribution is -2.27. The molecule has 1 atom stereocenters. The van der Waals surface area contributed by atoms with Gasteiger partial charge in [-0.1, -0.05) is 58.4 Å². The molecule has 6 heteroatoms. The van der Waals surface area contributed by atoms with E-state index in [1.165, 1.54) is 11.3 Å². The van der Waals surface area contributed by atoms with E-state index in [0.717, 1.165) is 26.3 Å². The predicted molar refractivity (Wildman–Crippen MR) is 103 cm³/mol. The van der Waals surface area contributed by atoms with Crippen LogP contribution in [0.5, 0.6) is 0 Å². The van der Waals surface area contributed by atoms with E-state index in [1.54, 1.807) is 0 Å². The second kappa shape index (κ2) is 8.27. The van der Waals surface area contributed by atoms with E-state index in [-0.39, 0.29) is 12.6 Å². The third kappa shape index (κ3) is 4.90. The van der Waals surface area contributed by atoms with Gasteiger partial charge in [0.05, 0.1) is 11.7 Å². The van der Waals surface area contributed by atoms with E-state index in [9.17, 15) is 4.79 Å². The maximum absolute atomic E-state index is 12.0.